The predicted octanol–water partition coefficient (Wildman–Crippen LogP) is 2.88. The third kappa shape index (κ3) is 3.37. The fourth-order valence-electron chi connectivity index (χ4n) is 2.29. The molecule has 106 valence electrons. The van der Waals surface area contributed by atoms with Crippen LogP contribution in [0.4, 0.5) is 19.0 Å². The number of rotatable bonds is 2. The van der Waals surface area contributed by atoms with Gasteiger partial charge in [-0.1, -0.05) is 6.07 Å². The maximum atomic E-state index is 12.6. The number of nitrogens with two attached hydrogens (primary N) is 1. The Kier molecular flexibility index (Phi) is 3.99. The highest BCUT2D eigenvalue weighted by molar-refractivity contribution is 5.40. The molecule has 19 heavy (non-hydrogen) atoms. The van der Waals surface area contributed by atoms with Crippen molar-refractivity contribution >= 4 is 5.82 Å². The van der Waals surface area contributed by atoms with Gasteiger partial charge in [-0.2, -0.15) is 13.2 Å². The first-order valence-electron chi connectivity index (χ1n) is 6.41. The first kappa shape index (κ1) is 14.1. The van der Waals surface area contributed by atoms with Crippen LogP contribution in [0.2, 0.25) is 0 Å². The number of hydrogen-bond acceptors (Lipinski definition) is 3. The predicted molar refractivity (Wildman–Crippen MR) is 67.8 cm³/mol. The Labute approximate surface area is 110 Å². The highest BCUT2D eigenvalue weighted by atomic mass is 19.4. The van der Waals surface area contributed by atoms with E-state index in [2.05, 4.69) is 4.98 Å². The van der Waals surface area contributed by atoms with Crippen LogP contribution in [0.1, 0.15) is 31.4 Å². The molecule has 1 aliphatic rings. The molecule has 2 N–H and O–H groups in total. The molecule has 0 aromatic carbocycles. The third-order valence-electron chi connectivity index (χ3n) is 3.58. The first-order chi connectivity index (χ1) is 8.88. The fourth-order valence-corrected chi connectivity index (χ4v) is 2.29. The molecule has 1 fully saturated rings. The van der Waals surface area contributed by atoms with E-state index in [9.17, 15) is 13.2 Å². The van der Waals surface area contributed by atoms with E-state index in [1.807, 2.05) is 24.0 Å². The van der Waals surface area contributed by atoms with Gasteiger partial charge in [0, 0.05) is 25.3 Å². The minimum absolute atomic E-state index is 0.0856. The lowest BCUT2D eigenvalue weighted by Crippen LogP contribution is -2.39. The quantitative estimate of drug-likeness (QED) is 0.901. The van der Waals surface area contributed by atoms with Gasteiger partial charge in [-0.3, -0.25) is 0 Å². The van der Waals surface area contributed by atoms with Crippen LogP contribution < -0.4 is 10.6 Å². The van der Waals surface area contributed by atoms with Crippen molar-refractivity contribution in [2.75, 3.05) is 18.0 Å². The van der Waals surface area contributed by atoms with Crippen LogP contribution >= 0.6 is 0 Å². The molecule has 0 bridgehead atoms. The van der Waals surface area contributed by atoms with Crippen LogP contribution in [-0.4, -0.2) is 24.2 Å². The molecule has 2 heterocycles. The summed E-state index contributed by atoms with van der Waals surface area (Å²) in [5.74, 6) is -0.447. The smallest absolute Gasteiger partial charge is 0.357 e. The maximum Gasteiger partial charge on any atom is 0.391 e. The topological polar surface area (TPSA) is 42.1 Å². The molecule has 0 radical (unpaired) electrons. The zero-order valence-electron chi connectivity index (χ0n) is 10.8. The van der Waals surface area contributed by atoms with Gasteiger partial charge < -0.3 is 10.6 Å². The normalized spacial score (nSPS) is 19.5. The number of nitrogens with zero attached hydrogens (tertiary/aromatic N) is 2. The van der Waals surface area contributed by atoms with Crippen LogP contribution in [0.25, 0.3) is 0 Å². The van der Waals surface area contributed by atoms with E-state index in [0.29, 0.717) is 13.1 Å². The van der Waals surface area contributed by atoms with E-state index in [0.717, 1.165) is 11.4 Å². The fraction of sp³-hybridized carbons (Fsp3) is 0.615. The lowest BCUT2D eigenvalue weighted by Gasteiger charge is -2.33. The van der Waals surface area contributed by atoms with Gasteiger partial charge in [0.15, 0.2) is 0 Å². The number of anilines is 1. The summed E-state index contributed by atoms with van der Waals surface area (Å²) < 4.78 is 37.7. The van der Waals surface area contributed by atoms with E-state index in [-0.39, 0.29) is 18.9 Å². The van der Waals surface area contributed by atoms with Crippen molar-refractivity contribution in [3.8, 4) is 0 Å². The monoisotopic (exact) mass is 273 g/mol. The highest BCUT2D eigenvalue weighted by Gasteiger charge is 2.41. The van der Waals surface area contributed by atoms with Crippen LogP contribution in [0.5, 0.6) is 0 Å². The Morgan fingerprint density at radius 2 is 1.95 bits per heavy atom. The molecular weight excluding hydrogens is 255 g/mol. The van der Waals surface area contributed by atoms with Gasteiger partial charge in [-0.05, 0) is 31.4 Å². The van der Waals surface area contributed by atoms with Crippen molar-refractivity contribution in [2.45, 2.75) is 32.0 Å². The number of pyridine rings is 1. The van der Waals surface area contributed by atoms with E-state index < -0.39 is 12.1 Å². The molecule has 2 rings (SSSR count). The minimum atomic E-state index is -4.07. The molecule has 0 saturated carbocycles. The minimum Gasteiger partial charge on any atom is -0.357 e. The average Bonchev–Trinajstić information content (AvgIpc) is 2.38. The van der Waals surface area contributed by atoms with Gasteiger partial charge in [-0.25, -0.2) is 4.98 Å². The second-order valence-electron chi connectivity index (χ2n) is 5.04. The molecule has 3 nitrogen and oxygen atoms in total. The molecule has 1 aliphatic heterocycles. The zero-order valence-corrected chi connectivity index (χ0v) is 10.8. The number of hydrogen-bond donors (Lipinski definition) is 1. The number of halogens is 3. The molecule has 1 atom stereocenters. The summed E-state index contributed by atoms with van der Waals surface area (Å²) >= 11 is 0. The Hall–Kier alpha value is -1.30. The van der Waals surface area contributed by atoms with Crippen molar-refractivity contribution in [1.29, 1.82) is 0 Å². The standard InChI is InChI=1S/C13H18F3N3/c1-9(17)10-2-3-12(18-8-10)19-6-4-11(5-7-19)13(14,15)16/h2-3,8-9,11H,4-7,17H2,1H3. The molecule has 0 amide bonds. The summed E-state index contributed by atoms with van der Waals surface area (Å²) in [5, 5.41) is 0. The van der Waals surface area contributed by atoms with E-state index in [4.69, 9.17) is 5.73 Å². The number of alkyl halides is 3. The number of aromatic nitrogens is 1. The highest BCUT2D eigenvalue weighted by Crippen LogP contribution is 2.35. The van der Waals surface area contributed by atoms with Gasteiger partial charge >= 0.3 is 6.18 Å². The summed E-state index contributed by atoms with van der Waals surface area (Å²) in [4.78, 5) is 6.17. The van der Waals surface area contributed by atoms with Crippen molar-refractivity contribution in [3.05, 3.63) is 23.9 Å². The SMILES string of the molecule is CC(N)c1ccc(N2CCC(C(F)(F)F)CC2)nc1. The molecule has 1 saturated heterocycles. The second kappa shape index (κ2) is 5.36. The van der Waals surface area contributed by atoms with E-state index >= 15 is 0 Å². The Bertz CT molecular complexity index is 406. The van der Waals surface area contributed by atoms with E-state index in [1.54, 1.807) is 6.20 Å². The molecule has 0 spiro atoms. The first-order valence-corrected chi connectivity index (χ1v) is 6.41. The summed E-state index contributed by atoms with van der Waals surface area (Å²) in [6, 6.07) is 3.62. The lowest BCUT2D eigenvalue weighted by atomic mass is 9.96. The third-order valence-corrected chi connectivity index (χ3v) is 3.58. The average molecular weight is 273 g/mol. The van der Waals surface area contributed by atoms with Crippen LogP contribution in [0.15, 0.2) is 18.3 Å². The largest absolute Gasteiger partial charge is 0.391 e. The van der Waals surface area contributed by atoms with Gasteiger partial charge in [0.2, 0.25) is 0 Å². The molecular formula is C13H18F3N3. The molecule has 1 aromatic rings. The Morgan fingerprint density at radius 1 is 1.32 bits per heavy atom. The Balaban J connectivity index is 1.98. The van der Waals surface area contributed by atoms with Crippen molar-refractivity contribution in [3.63, 3.8) is 0 Å². The van der Waals surface area contributed by atoms with Crippen LogP contribution in [-0.2, 0) is 0 Å². The summed E-state index contributed by atoms with van der Waals surface area (Å²) in [5.41, 5.74) is 6.65. The van der Waals surface area contributed by atoms with Gasteiger partial charge in [-0.15, -0.1) is 0 Å². The summed E-state index contributed by atoms with van der Waals surface area (Å²) in [6.07, 6.45) is -2.10. The molecule has 1 unspecified atom stereocenters. The molecule has 6 heteroatoms. The summed E-state index contributed by atoms with van der Waals surface area (Å²) in [6.45, 7) is 2.66. The Morgan fingerprint density at radius 3 is 2.37 bits per heavy atom. The van der Waals surface area contributed by atoms with Crippen LogP contribution in [0, 0.1) is 5.92 Å². The summed E-state index contributed by atoms with van der Waals surface area (Å²) in [7, 11) is 0. The van der Waals surface area contributed by atoms with Crippen molar-refractivity contribution in [2.24, 2.45) is 11.7 Å². The van der Waals surface area contributed by atoms with Gasteiger partial charge in [0.1, 0.15) is 5.82 Å². The van der Waals surface area contributed by atoms with Crippen LogP contribution in [0.3, 0.4) is 0 Å². The van der Waals surface area contributed by atoms with Gasteiger partial charge in [0.25, 0.3) is 0 Å². The van der Waals surface area contributed by atoms with Crippen molar-refractivity contribution < 1.29 is 13.2 Å². The maximum absolute atomic E-state index is 12.6. The van der Waals surface area contributed by atoms with E-state index in [1.165, 1.54) is 0 Å². The molecule has 0 aliphatic carbocycles. The van der Waals surface area contributed by atoms with Crippen molar-refractivity contribution in [1.82, 2.24) is 4.98 Å². The molecule has 1 aromatic heterocycles. The number of piperidine rings is 1. The zero-order chi connectivity index (χ0) is 14.0. The van der Waals surface area contributed by atoms with Gasteiger partial charge in [0.05, 0.1) is 5.92 Å². The second-order valence-corrected chi connectivity index (χ2v) is 5.04. The lowest BCUT2D eigenvalue weighted by molar-refractivity contribution is -0.179.